The number of nitrogens with one attached hydrogen (secondary N) is 1. The monoisotopic (exact) mass is 347 g/mol. The SMILES string of the molecule is CCCNC(=O)c1ccc(OCC)c(COc2ccccc2Cl)c1. The Morgan fingerprint density at radius 3 is 2.58 bits per heavy atom. The Kier molecular flexibility index (Phi) is 6.94. The first-order chi connectivity index (χ1) is 11.7. The van der Waals surface area contributed by atoms with Crippen molar-refractivity contribution in [3.8, 4) is 11.5 Å². The van der Waals surface area contributed by atoms with Crippen molar-refractivity contribution < 1.29 is 14.3 Å². The molecule has 0 heterocycles. The molecule has 0 saturated carbocycles. The maximum absolute atomic E-state index is 12.1. The number of carbonyl (C=O) groups is 1. The number of carbonyl (C=O) groups excluding carboxylic acids is 1. The normalized spacial score (nSPS) is 10.3. The van der Waals surface area contributed by atoms with E-state index in [9.17, 15) is 4.79 Å². The van der Waals surface area contributed by atoms with Crippen LogP contribution in [0, 0.1) is 0 Å². The highest BCUT2D eigenvalue weighted by Crippen LogP contribution is 2.27. The van der Waals surface area contributed by atoms with Crippen LogP contribution in [-0.4, -0.2) is 19.1 Å². The standard InChI is InChI=1S/C19H22ClNO3/c1-3-11-21-19(22)14-9-10-17(23-4-2)15(12-14)13-24-18-8-6-5-7-16(18)20/h5-10,12H,3-4,11,13H2,1-2H3,(H,21,22). The summed E-state index contributed by atoms with van der Waals surface area (Å²) < 4.78 is 11.4. The maximum atomic E-state index is 12.1. The van der Waals surface area contributed by atoms with Gasteiger partial charge in [0.1, 0.15) is 18.1 Å². The number of rotatable bonds is 8. The molecular formula is C19H22ClNO3. The number of hydrogen-bond donors (Lipinski definition) is 1. The van der Waals surface area contributed by atoms with Crippen LogP contribution in [0.5, 0.6) is 11.5 Å². The average Bonchev–Trinajstić information content (AvgIpc) is 2.60. The summed E-state index contributed by atoms with van der Waals surface area (Å²) in [6, 6.07) is 12.6. The molecule has 5 heteroatoms. The number of benzene rings is 2. The molecule has 0 aromatic heterocycles. The van der Waals surface area contributed by atoms with Gasteiger partial charge in [0.15, 0.2) is 0 Å². The minimum atomic E-state index is -0.0982. The molecule has 0 aliphatic heterocycles. The number of amides is 1. The molecule has 0 unspecified atom stereocenters. The van der Waals surface area contributed by atoms with Crippen molar-refractivity contribution in [1.82, 2.24) is 5.32 Å². The van der Waals surface area contributed by atoms with Gasteiger partial charge in [0.25, 0.3) is 5.91 Å². The van der Waals surface area contributed by atoms with Crippen LogP contribution in [0.4, 0.5) is 0 Å². The summed E-state index contributed by atoms with van der Waals surface area (Å²) in [5, 5.41) is 3.42. The van der Waals surface area contributed by atoms with E-state index < -0.39 is 0 Å². The predicted molar refractivity (Wildman–Crippen MR) is 96.0 cm³/mol. The lowest BCUT2D eigenvalue weighted by Crippen LogP contribution is -2.24. The molecule has 1 N–H and O–H groups in total. The fourth-order valence-corrected chi connectivity index (χ4v) is 2.38. The van der Waals surface area contributed by atoms with Gasteiger partial charge in [-0.15, -0.1) is 0 Å². The first kappa shape index (κ1) is 18.1. The van der Waals surface area contributed by atoms with Gasteiger partial charge in [-0.25, -0.2) is 0 Å². The van der Waals surface area contributed by atoms with Crippen molar-refractivity contribution in [1.29, 1.82) is 0 Å². The summed E-state index contributed by atoms with van der Waals surface area (Å²) in [6.07, 6.45) is 0.894. The molecule has 1 amide bonds. The second-order valence-corrected chi connectivity index (χ2v) is 5.64. The Hall–Kier alpha value is -2.20. The first-order valence-electron chi connectivity index (χ1n) is 8.07. The zero-order valence-electron chi connectivity index (χ0n) is 14.0. The van der Waals surface area contributed by atoms with E-state index >= 15 is 0 Å². The molecule has 0 aliphatic rings. The lowest BCUT2D eigenvalue weighted by Gasteiger charge is -2.14. The van der Waals surface area contributed by atoms with Gasteiger partial charge >= 0.3 is 0 Å². The molecular weight excluding hydrogens is 326 g/mol. The fraction of sp³-hybridized carbons (Fsp3) is 0.316. The molecule has 128 valence electrons. The second kappa shape index (κ2) is 9.18. The van der Waals surface area contributed by atoms with Crippen LogP contribution >= 0.6 is 11.6 Å². The van der Waals surface area contributed by atoms with Crippen LogP contribution in [-0.2, 0) is 6.61 Å². The molecule has 2 aromatic rings. The summed E-state index contributed by atoms with van der Waals surface area (Å²) in [5.74, 6) is 1.21. The van der Waals surface area contributed by atoms with Crippen molar-refractivity contribution >= 4 is 17.5 Å². The number of para-hydroxylation sites is 1. The quantitative estimate of drug-likeness (QED) is 0.767. The Morgan fingerprint density at radius 1 is 1.08 bits per heavy atom. The highest BCUT2D eigenvalue weighted by atomic mass is 35.5. The van der Waals surface area contributed by atoms with Crippen LogP contribution in [0.1, 0.15) is 36.2 Å². The molecule has 24 heavy (non-hydrogen) atoms. The van der Waals surface area contributed by atoms with E-state index in [0.29, 0.717) is 35.2 Å². The van der Waals surface area contributed by atoms with Crippen LogP contribution in [0.2, 0.25) is 5.02 Å². The van der Waals surface area contributed by atoms with Crippen LogP contribution in [0.25, 0.3) is 0 Å². The summed E-state index contributed by atoms with van der Waals surface area (Å²) in [6.45, 7) is 5.40. The van der Waals surface area contributed by atoms with E-state index in [0.717, 1.165) is 12.0 Å². The highest BCUT2D eigenvalue weighted by Gasteiger charge is 2.11. The Balaban J connectivity index is 2.18. The zero-order valence-corrected chi connectivity index (χ0v) is 14.7. The minimum absolute atomic E-state index is 0.0982. The summed E-state index contributed by atoms with van der Waals surface area (Å²) in [7, 11) is 0. The van der Waals surface area contributed by atoms with Crippen LogP contribution in [0.3, 0.4) is 0 Å². The topological polar surface area (TPSA) is 47.6 Å². The molecule has 0 atom stereocenters. The first-order valence-corrected chi connectivity index (χ1v) is 8.44. The van der Waals surface area contributed by atoms with E-state index in [1.165, 1.54) is 0 Å². The van der Waals surface area contributed by atoms with Gasteiger partial charge in [0.2, 0.25) is 0 Å². The smallest absolute Gasteiger partial charge is 0.251 e. The Bertz CT molecular complexity index is 688. The van der Waals surface area contributed by atoms with Gasteiger partial charge in [-0.1, -0.05) is 30.7 Å². The Labute approximate surface area is 147 Å². The molecule has 2 rings (SSSR count). The summed E-state index contributed by atoms with van der Waals surface area (Å²) >= 11 is 6.11. The average molecular weight is 348 g/mol. The van der Waals surface area contributed by atoms with E-state index in [-0.39, 0.29) is 12.5 Å². The molecule has 4 nitrogen and oxygen atoms in total. The molecule has 0 bridgehead atoms. The third-order valence-corrected chi connectivity index (χ3v) is 3.69. The fourth-order valence-electron chi connectivity index (χ4n) is 2.19. The van der Waals surface area contributed by atoms with Crippen LogP contribution in [0.15, 0.2) is 42.5 Å². The van der Waals surface area contributed by atoms with Gasteiger partial charge in [-0.05, 0) is 43.7 Å². The highest BCUT2D eigenvalue weighted by molar-refractivity contribution is 6.32. The lowest BCUT2D eigenvalue weighted by atomic mass is 10.1. The number of halogens is 1. The number of ether oxygens (including phenoxy) is 2. The van der Waals surface area contributed by atoms with Crippen molar-refractivity contribution in [2.45, 2.75) is 26.9 Å². The van der Waals surface area contributed by atoms with Crippen molar-refractivity contribution in [3.05, 3.63) is 58.6 Å². The minimum Gasteiger partial charge on any atom is -0.493 e. The van der Waals surface area contributed by atoms with Gasteiger partial charge in [0.05, 0.1) is 11.6 Å². The third-order valence-electron chi connectivity index (χ3n) is 3.38. The van der Waals surface area contributed by atoms with E-state index in [4.69, 9.17) is 21.1 Å². The van der Waals surface area contributed by atoms with Crippen LogP contribution < -0.4 is 14.8 Å². The molecule has 0 spiro atoms. The predicted octanol–water partition coefficient (Wildman–Crippen LogP) is 4.46. The lowest BCUT2D eigenvalue weighted by molar-refractivity contribution is 0.0953. The molecule has 2 aromatic carbocycles. The molecule has 0 aliphatic carbocycles. The van der Waals surface area contributed by atoms with E-state index in [1.54, 1.807) is 30.3 Å². The molecule has 0 fully saturated rings. The van der Waals surface area contributed by atoms with Crippen molar-refractivity contribution in [2.24, 2.45) is 0 Å². The maximum Gasteiger partial charge on any atom is 0.251 e. The van der Waals surface area contributed by atoms with Crippen molar-refractivity contribution in [3.63, 3.8) is 0 Å². The second-order valence-electron chi connectivity index (χ2n) is 5.23. The summed E-state index contributed by atoms with van der Waals surface area (Å²) in [4.78, 5) is 12.1. The Morgan fingerprint density at radius 2 is 1.88 bits per heavy atom. The number of hydrogen-bond acceptors (Lipinski definition) is 3. The van der Waals surface area contributed by atoms with Gasteiger partial charge in [-0.3, -0.25) is 4.79 Å². The third kappa shape index (κ3) is 4.90. The van der Waals surface area contributed by atoms with E-state index in [1.807, 2.05) is 26.0 Å². The van der Waals surface area contributed by atoms with E-state index in [2.05, 4.69) is 5.32 Å². The van der Waals surface area contributed by atoms with Gasteiger partial charge in [0, 0.05) is 17.7 Å². The largest absolute Gasteiger partial charge is 0.493 e. The van der Waals surface area contributed by atoms with Gasteiger partial charge in [-0.2, -0.15) is 0 Å². The summed E-state index contributed by atoms with van der Waals surface area (Å²) in [5.41, 5.74) is 1.39. The molecule has 0 saturated heterocycles. The van der Waals surface area contributed by atoms with Crippen molar-refractivity contribution in [2.75, 3.05) is 13.2 Å². The molecule has 0 radical (unpaired) electrons. The van der Waals surface area contributed by atoms with Gasteiger partial charge < -0.3 is 14.8 Å². The zero-order chi connectivity index (χ0) is 17.4.